The van der Waals surface area contributed by atoms with Gasteiger partial charge in [0.25, 0.3) is 5.91 Å². The third-order valence-electron chi connectivity index (χ3n) is 4.01. The van der Waals surface area contributed by atoms with E-state index in [1.54, 1.807) is 6.92 Å². The first kappa shape index (κ1) is 17.9. The molecule has 0 unspecified atom stereocenters. The summed E-state index contributed by atoms with van der Waals surface area (Å²) in [5.74, 6) is -0.235. The topological polar surface area (TPSA) is 97.2 Å². The van der Waals surface area contributed by atoms with Crippen LogP contribution < -0.4 is 5.32 Å². The van der Waals surface area contributed by atoms with Crippen molar-refractivity contribution in [3.63, 3.8) is 0 Å². The van der Waals surface area contributed by atoms with E-state index in [0.29, 0.717) is 40.5 Å². The molecule has 0 fully saturated rings. The molecule has 136 valence electrons. The Morgan fingerprint density at radius 3 is 2.88 bits per heavy atom. The number of nitrogens with zero attached hydrogens (tertiary/aromatic N) is 1. The molecule has 0 aliphatic heterocycles. The van der Waals surface area contributed by atoms with E-state index in [2.05, 4.69) is 15.3 Å². The lowest BCUT2D eigenvalue weighted by atomic mass is 10.1. The van der Waals surface area contributed by atoms with Crippen LogP contribution in [0.3, 0.4) is 0 Å². The summed E-state index contributed by atoms with van der Waals surface area (Å²) in [6, 6.07) is 3.84. The number of H-pyrrole nitrogens is 1. The maximum Gasteiger partial charge on any atom is 0.339 e. The fourth-order valence-corrected chi connectivity index (χ4v) is 3.35. The minimum atomic E-state index is -0.452. The van der Waals surface area contributed by atoms with Gasteiger partial charge in [-0.15, -0.1) is 11.3 Å². The second-order valence-electron chi connectivity index (χ2n) is 5.63. The van der Waals surface area contributed by atoms with Crippen molar-refractivity contribution >= 4 is 23.2 Å². The summed E-state index contributed by atoms with van der Waals surface area (Å²) >= 11 is 1.53. The van der Waals surface area contributed by atoms with Crippen LogP contribution in [0, 0.1) is 6.92 Å². The van der Waals surface area contributed by atoms with Gasteiger partial charge in [-0.1, -0.05) is 13.0 Å². The Morgan fingerprint density at radius 2 is 2.23 bits per heavy atom. The molecule has 0 aliphatic carbocycles. The molecule has 0 bridgehead atoms. The van der Waals surface area contributed by atoms with Gasteiger partial charge < -0.3 is 19.5 Å². The highest BCUT2D eigenvalue weighted by Gasteiger charge is 2.23. The number of amides is 1. The zero-order valence-corrected chi connectivity index (χ0v) is 15.5. The van der Waals surface area contributed by atoms with Gasteiger partial charge in [-0.05, 0) is 30.4 Å². The van der Waals surface area contributed by atoms with Gasteiger partial charge in [0.05, 0.1) is 29.8 Å². The number of nitrogens with one attached hydrogen (secondary N) is 2. The van der Waals surface area contributed by atoms with E-state index in [-0.39, 0.29) is 12.5 Å². The summed E-state index contributed by atoms with van der Waals surface area (Å²) in [5.41, 5.74) is 2.65. The molecule has 7 nitrogen and oxygen atoms in total. The fraction of sp³-hybridized carbons (Fsp3) is 0.278. The van der Waals surface area contributed by atoms with Gasteiger partial charge in [-0.25, -0.2) is 9.78 Å². The van der Waals surface area contributed by atoms with E-state index in [1.165, 1.54) is 24.7 Å². The van der Waals surface area contributed by atoms with E-state index in [0.717, 1.165) is 4.88 Å². The van der Waals surface area contributed by atoms with Crippen molar-refractivity contribution in [1.29, 1.82) is 0 Å². The van der Waals surface area contributed by atoms with Crippen LogP contribution in [0.15, 0.2) is 28.2 Å². The number of rotatable bonds is 6. The number of aromatic nitrogens is 2. The molecule has 0 aliphatic rings. The third kappa shape index (κ3) is 3.41. The first-order valence-electron chi connectivity index (χ1n) is 8.11. The molecule has 0 aromatic carbocycles. The number of aryl methyl sites for hydroxylation is 1. The summed E-state index contributed by atoms with van der Waals surface area (Å²) in [7, 11) is 1.32. The number of esters is 1. The van der Waals surface area contributed by atoms with E-state index >= 15 is 0 Å². The predicted octanol–water partition coefficient (Wildman–Crippen LogP) is 3.32. The lowest BCUT2D eigenvalue weighted by molar-refractivity contribution is 0.0599. The molecule has 2 N–H and O–H groups in total. The van der Waals surface area contributed by atoms with Crippen molar-refractivity contribution < 1.29 is 18.7 Å². The summed E-state index contributed by atoms with van der Waals surface area (Å²) in [5, 5.41) is 4.74. The van der Waals surface area contributed by atoms with Crippen molar-refractivity contribution in [3.05, 3.63) is 52.0 Å². The van der Waals surface area contributed by atoms with Crippen molar-refractivity contribution in [3.8, 4) is 10.8 Å². The molecule has 26 heavy (non-hydrogen) atoms. The molecule has 3 aromatic rings. The maximum atomic E-state index is 12.5. The summed E-state index contributed by atoms with van der Waals surface area (Å²) in [4.78, 5) is 32.8. The van der Waals surface area contributed by atoms with Gasteiger partial charge in [0.15, 0.2) is 0 Å². The Bertz CT molecular complexity index is 925. The number of methoxy groups -OCH3 is 1. The first-order chi connectivity index (χ1) is 12.5. The second-order valence-corrected chi connectivity index (χ2v) is 6.58. The molecular weight excluding hydrogens is 354 g/mol. The average Bonchev–Trinajstić information content (AvgIpc) is 3.38. The van der Waals surface area contributed by atoms with Crippen LogP contribution in [0.25, 0.3) is 10.8 Å². The van der Waals surface area contributed by atoms with Crippen LogP contribution in [-0.2, 0) is 17.7 Å². The molecule has 0 saturated carbocycles. The Morgan fingerprint density at radius 1 is 1.42 bits per heavy atom. The van der Waals surface area contributed by atoms with Crippen molar-refractivity contribution in [2.75, 3.05) is 7.11 Å². The Hall–Kier alpha value is -2.87. The third-order valence-corrected chi connectivity index (χ3v) is 4.87. The molecule has 0 radical (unpaired) electrons. The smallest absolute Gasteiger partial charge is 0.339 e. The first-order valence-corrected chi connectivity index (χ1v) is 8.99. The second kappa shape index (κ2) is 7.57. The monoisotopic (exact) mass is 373 g/mol. The van der Waals surface area contributed by atoms with E-state index in [9.17, 15) is 9.59 Å². The number of ether oxygens (including phenoxy) is 1. The van der Waals surface area contributed by atoms with Crippen LogP contribution in [0.4, 0.5) is 0 Å². The van der Waals surface area contributed by atoms with Crippen molar-refractivity contribution in [2.45, 2.75) is 26.8 Å². The van der Waals surface area contributed by atoms with E-state index in [4.69, 9.17) is 9.15 Å². The molecule has 3 rings (SSSR count). The normalized spacial score (nSPS) is 10.7. The van der Waals surface area contributed by atoms with Gasteiger partial charge in [-0.2, -0.15) is 0 Å². The Labute approximate surface area is 154 Å². The summed E-state index contributed by atoms with van der Waals surface area (Å²) in [6.07, 6.45) is 2.11. The Kier molecular flexibility index (Phi) is 5.22. The fourth-order valence-electron chi connectivity index (χ4n) is 2.69. The highest BCUT2D eigenvalue weighted by Crippen LogP contribution is 2.24. The highest BCUT2D eigenvalue weighted by molar-refractivity contribution is 7.13. The van der Waals surface area contributed by atoms with Gasteiger partial charge in [0.2, 0.25) is 5.89 Å². The minimum absolute atomic E-state index is 0.223. The number of carbonyl (C=O) groups excluding carboxylic acids is 2. The zero-order valence-electron chi connectivity index (χ0n) is 14.7. The summed E-state index contributed by atoms with van der Waals surface area (Å²) in [6.45, 7) is 3.85. The van der Waals surface area contributed by atoms with Gasteiger partial charge in [0.1, 0.15) is 12.0 Å². The van der Waals surface area contributed by atoms with Crippen LogP contribution >= 0.6 is 11.3 Å². The quantitative estimate of drug-likeness (QED) is 0.646. The summed E-state index contributed by atoms with van der Waals surface area (Å²) < 4.78 is 10.2. The molecule has 0 spiro atoms. The molecule has 3 aromatic heterocycles. The highest BCUT2D eigenvalue weighted by atomic mass is 32.1. The lowest BCUT2D eigenvalue weighted by Crippen LogP contribution is -2.24. The number of oxazole rings is 1. The molecule has 0 atom stereocenters. The van der Waals surface area contributed by atoms with E-state index < -0.39 is 5.97 Å². The number of hydrogen-bond donors (Lipinski definition) is 2. The van der Waals surface area contributed by atoms with Crippen LogP contribution in [0.5, 0.6) is 0 Å². The Balaban J connectivity index is 1.73. The predicted molar refractivity (Wildman–Crippen MR) is 97.2 cm³/mol. The van der Waals surface area contributed by atoms with Crippen molar-refractivity contribution in [2.24, 2.45) is 0 Å². The van der Waals surface area contributed by atoms with Crippen LogP contribution in [0.2, 0.25) is 0 Å². The minimum Gasteiger partial charge on any atom is -0.465 e. The average molecular weight is 373 g/mol. The zero-order chi connectivity index (χ0) is 18.7. The van der Waals surface area contributed by atoms with Gasteiger partial charge in [-0.3, -0.25) is 4.79 Å². The molecule has 8 heteroatoms. The maximum absolute atomic E-state index is 12.5. The number of thiophene rings is 1. The molecule has 3 heterocycles. The van der Waals surface area contributed by atoms with Crippen LogP contribution in [0.1, 0.15) is 44.7 Å². The molecular formula is C18H19N3O4S. The molecule has 1 amide bonds. The van der Waals surface area contributed by atoms with Gasteiger partial charge in [0, 0.05) is 5.69 Å². The van der Waals surface area contributed by atoms with Crippen molar-refractivity contribution in [1.82, 2.24) is 15.3 Å². The number of aromatic amines is 1. The lowest BCUT2D eigenvalue weighted by Gasteiger charge is -2.03. The number of hydrogen-bond acceptors (Lipinski definition) is 6. The molecule has 0 saturated heterocycles. The van der Waals surface area contributed by atoms with Gasteiger partial charge >= 0.3 is 5.97 Å². The largest absolute Gasteiger partial charge is 0.465 e. The SMILES string of the molecule is CCc1[nH]c(C(=O)NCc2coc(-c3cccs3)n2)c(C)c1C(=O)OC. The number of carbonyl (C=O) groups is 2. The standard InChI is InChI=1S/C18H19N3O4S/c1-4-12-14(18(23)24-3)10(2)15(21-12)16(22)19-8-11-9-25-17(20-11)13-6-5-7-26-13/h5-7,9,21H,4,8H2,1-3H3,(H,19,22). The van der Waals surface area contributed by atoms with E-state index in [1.807, 2.05) is 24.4 Å². The van der Waals surface area contributed by atoms with Crippen LogP contribution in [-0.4, -0.2) is 29.0 Å².